The van der Waals surface area contributed by atoms with E-state index in [4.69, 9.17) is 9.47 Å². The molecule has 0 N–H and O–H groups in total. The van der Waals surface area contributed by atoms with E-state index in [1.165, 1.54) is 0 Å². The standard InChI is InChI=1S/C22H27NO4/c1-4-26-20(24)22(3,21(25)27-5-2)23(16-18-12-8-6-9-13-18)17-19-14-10-7-11-15-19/h6-15H,4-5,16-17H2,1-3H3. The van der Waals surface area contributed by atoms with Crippen LogP contribution in [0.1, 0.15) is 31.9 Å². The zero-order chi connectivity index (χ0) is 19.7. The highest BCUT2D eigenvalue weighted by Gasteiger charge is 2.49. The smallest absolute Gasteiger partial charge is 0.338 e. The number of nitrogens with zero attached hydrogens (tertiary/aromatic N) is 1. The Bertz CT molecular complexity index is 671. The van der Waals surface area contributed by atoms with Crippen LogP contribution in [0.4, 0.5) is 0 Å². The maximum Gasteiger partial charge on any atom is 0.338 e. The highest BCUT2D eigenvalue weighted by Crippen LogP contribution is 2.25. The topological polar surface area (TPSA) is 55.8 Å². The summed E-state index contributed by atoms with van der Waals surface area (Å²) in [5.41, 5.74) is 0.444. The fourth-order valence-corrected chi connectivity index (χ4v) is 2.86. The molecule has 0 saturated heterocycles. The Labute approximate surface area is 160 Å². The van der Waals surface area contributed by atoms with Crippen LogP contribution in [0, 0.1) is 0 Å². The predicted molar refractivity (Wildman–Crippen MR) is 104 cm³/mol. The van der Waals surface area contributed by atoms with Crippen molar-refractivity contribution in [3.05, 3.63) is 71.8 Å². The van der Waals surface area contributed by atoms with Gasteiger partial charge >= 0.3 is 11.9 Å². The Morgan fingerprint density at radius 1 is 0.778 bits per heavy atom. The van der Waals surface area contributed by atoms with Gasteiger partial charge in [0.1, 0.15) is 0 Å². The molecule has 0 fully saturated rings. The molecule has 0 aliphatic carbocycles. The van der Waals surface area contributed by atoms with Gasteiger partial charge in [-0.2, -0.15) is 0 Å². The van der Waals surface area contributed by atoms with Crippen molar-refractivity contribution < 1.29 is 19.1 Å². The van der Waals surface area contributed by atoms with Crippen LogP contribution in [-0.4, -0.2) is 35.6 Å². The number of hydrogen-bond acceptors (Lipinski definition) is 5. The molecule has 5 heteroatoms. The fourth-order valence-electron chi connectivity index (χ4n) is 2.86. The summed E-state index contributed by atoms with van der Waals surface area (Å²) in [5.74, 6) is -1.20. The van der Waals surface area contributed by atoms with Gasteiger partial charge in [0.05, 0.1) is 13.2 Å². The first-order chi connectivity index (χ1) is 13.0. The average Bonchev–Trinajstić information content (AvgIpc) is 2.69. The van der Waals surface area contributed by atoms with Crippen LogP contribution in [0.25, 0.3) is 0 Å². The highest BCUT2D eigenvalue weighted by molar-refractivity contribution is 6.04. The minimum atomic E-state index is -1.54. The summed E-state index contributed by atoms with van der Waals surface area (Å²) < 4.78 is 10.5. The van der Waals surface area contributed by atoms with Crippen molar-refractivity contribution in [2.24, 2.45) is 0 Å². The zero-order valence-electron chi connectivity index (χ0n) is 16.2. The molecule has 0 aromatic heterocycles. The number of ether oxygens (including phenoxy) is 2. The van der Waals surface area contributed by atoms with E-state index in [2.05, 4.69) is 0 Å². The molecular weight excluding hydrogens is 342 g/mol. The monoisotopic (exact) mass is 369 g/mol. The van der Waals surface area contributed by atoms with E-state index in [0.29, 0.717) is 13.1 Å². The summed E-state index contributed by atoms with van der Waals surface area (Å²) in [6, 6.07) is 19.5. The third-order valence-corrected chi connectivity index (χ3v) is 4.41. The molecule has 0 amide bonds. The molecule has 5 nitrogen and oxygen atoms in total. The fraction of sp³-hybridized carbons (Fsp3) is 0.364. The second-order valence-corrected chi connectivity index (χ2v) is 6.34. The van der Waals surface area contributed by atoms with E-state index >= 15 is 0 Å². The second kappa shape index (κ2) is 9.88. The van der Waals surface area contributed by atoms with Gasteiger partial charge in [0.25, 0.3) is 0 Å². The Kier molecular flexibility index (Phi) is 7.55. The van der Waals surface area contributed by atoms with Crippen molar-refractivity contribution in [1.29, 1.82) is 0 Å². The van der Waals surface area contributed by atoms with Gasteiger partial charge in [-0.25, -0.2) is 9.59 Å². The molecule has 0 saturated carbocycles. The number of rotatable bonds is 9. The Hall–Kier alpha value is -2.66. The van der Waals surface area contributed by atoms with Crippen molar-refractivity contribution in [3.8, 4) is 0 Å². The minimum absolute atomic E-state index is 0.193. The van der Waals surface area contributed by atoms with Crippen LogP contribution in [0.15, 0.2) is 60.7 Å². The first-order valence-electron chi connectivity index (χ1n) is 9.19. The van der Waals surface area contributed by atoms with Crippen LogP contribution < -0.4 is 0 Å². The second-order valence-electron chi connectivity index (χ2n) is 6.34. The van der Waals surface area contributed by atoms with Gasteiger partial charge in [-0.05, 0) is 31.9 Å². The number of benzene rings is 2. The summed E-state index contributed by atoms with van der Waals surface area (Å²) in [6.45, 7) is 6.23. The first-order valence-corrected chi connectivity index (χ1v) is 9.19. The Morgan fingerprint density at radius 3 is 1.48 bits per heavy atom. The SMILES string of the molecule is CCOC(=O)C(C)(C(=O)OCC)N(Cc1ccccc1)Cc1ccccc1. The van der Waals surface area contributed by atoms with E-state index in [1.54, 1.807) is 20.8 Å². The summed E-state index contributed by atoms with van der Waals surface area (Å²) in [7, 11) is 0. The Morgan fingerprint density at radius 2 is 1.15 bits per heavy atom. The molecule has 0 aliphatic rings. The molecule has 2 rings (SSSR count). The lowest BCUT2D eigenvalue weighted by molar-refractivity contribution is -0.175. The number of carbonyl (C=O) groups is 2. The quantitative estimate of drug-likeness (QED) is 0.500. The van der Waals surface area contributed by atoms with Crippen LogP contribution in [0.5, 0.6) is 0 Å². The third-order valence-electron chi connectivity index (χ3n) is 4.41. The van der Waals surface area contributed by atoms with Crippen molar-refractivity contribution in [1.82, 2.24) is 4.90 Å². The molecule has 0 spiro atoms. The molecule has 2 aromatic carbocycles. The van der Waals surface area contributed by atoms with E-state index < -0.39 is 17.5 Å². The van der Waals surface area contributed by atoms with Gasteiger partial charge in [-0.3, -0.25) is 4.90 Å². The van der Waals surface area contributed by atoms with Gasteiger partial charge in [0, 0.05) is 13.1 Å². The molecular formula is C22H27NO4. The number of carbonyl (C=O) groups excluding carboxylic acids is 2. The molecule has 0 heterocycles. The summed E-state index contributed by atoms with van der Waals surface area (Å²) in [5, 5.41) is 0. The van der Waals surface area contributed by atoms with Gasteiger partial charge in [-0.1, -0.05) is 60.7 Å². The van der Waals surface area contributed by atoms with E-state index in [1.807, 2.05) is 65.6 Å². The maximum atomic E-state index is 12.8. The largest absolute Gasteiger partial charge is 0.464 e. The van der Waals surface area contributed by atoms with Crippen molar-refractivity contribution in [3.63, 3.8) is 0 Å². The van der Waals surface area contributed by atoms with Gasteiger partial charge in [0.2, 0.25) is 5.54 Å². The highest BCUT2D eigenvalue weighted by atomic mass is 16.6. The summed E-state index contributed by atoms with van der Waals surface area (Å²) >= 11 is 0. The van der Waals surface area contributed by atoms with Gasteiger partial charge < -0.3 is 9.47 Å². The van der Waals surface area contributed by atoms with Crippen molar-refractivity contribution in [2.75, 3.05) is 13.2 Å². The summed E-state index contributed by atoms with van der Waals surface area (Å²) in [4.78, 5) is 27.5. The molecule has 0 atom stereocenters. The molecule has 0 aliphatic heterocycles. The lowest BCUT2D eigenvalue weighted by atomic mass is 9.97. The van der Waals surface area contributed by atoms with Crippen LogP contribution in [-0.2, 0) is 32.2 Å². The van der Waals surface area contributed by atoms with E-state index in [-0.39, 0.29) is 13.2 Å². The lowest BCUT2D eigenvalue weighted by Gasteiger charge is -2.37. The molecule has 0 radical (unpaired) electrons. The molecule has 0 bridgehead atoms. The van der Waals surface area contributed by atoms with Gasteiger partial charge in [-0.15, -0.1) is 0 Å². The molecule has 0 unspecified atom stereocenters. The van der Waals surface area contributed by atoms with Crippen LogP contribution >= 0.6 is 0 Å². The predicted octanol–water partition coefficient (Wildman–Crippen LogP) is 3.57. The molecule has 27 heavy (non-hydrogen) atoms. The van der Waals surface area contributed by atoms with Crippen LogP contribution in [0.3, 0.4) is 0 Å². The maximum absolute atomic E-state index is 12.8. The summed E-state index contributed by atoms with van der Waals surface area (Å²) in [6.07, 6.45) is 0. The third kappa shape index (κ3) is 5.17. The minimum Gasteiger partial charge on any atom is -0.464 e. The van der Waals surface area contributed by atoms with E-state index in [0.717, 1.165) is 11.1 Å². The molecule has 144 valence electrons. The van der Waals surface area contributed by atoms with Crippen molar-refractivity contribution >= 4 is 11.9 Å². The average molecular weight is 369 g/mol. The first kappa shape index (κ1) is 20.6. The van der Waals surface area contributed by atoms with Gasteiger partial charge in [0.15, 0.2) is 0 Å². The normalized spacial score (nSPS) is 11.3. The number of esters is 2. The number of hydrogen-bond donors (Lipinski definition) is 0. The van der Waals surface area contributed by atoms with E-state index in [9.17, 15) is 9.59 Å². The molecule has 2 aromatic rings. The van der Waals surface area contributed by atoms with Crippen LogP contribution in [0.2, 0.25) is 0 Å². The van der Waals surface area contributed by atoms with Crippen molar-refractivity contribution in [2.45, 2.75) is 39.4 Å². The Balaban J connectivity index is 2.44. The zero-order valence-corrected chi connectivity index (χ0v) is 16.2. The lowest BCUT2D eigenvalue weighted by Crippen LogP contribution is -2.58.